The number of carbonyl (C=O) groups is 4. The van der Waals surface area contributed by atoms with Gasteiger partial charge in [0, 0.05) is 82.2 Å². The summed E-state index contributed by atoms with van der Waals surface area (Å²) >= 11 is 1.57. The molecule has 0 spiro atoms. The Labute approximate surface area is 460 Å². The minimum Gasteiger partial charge on any atom is -0.493 e. The molecule has 2 fully saturated rings. The number of hydrogen-bond acceptors (Lipinski definition) is 18. The number of methoxy groups -OCH3 is 2. The van der Waals surface area contributed by atoms with E-state index in [0.29, 0.717) is 147 Å². The van der Waals surface area contributed by atoms with Crippen molar-refractivity contribution in [3.8, 4) is 28.7 Å². The van der Waals surface area contributed by atoms with Crippen LogP contribution in [0, 0.1) is 0 Å². The Balaban J connectivity index is 0.907. The molecule has 0 bridgehead atoms. The molecule has 0 radical (unpaired) electrons. The van der Waals surface area contributed by atoms with Gasteiger partial charge in [0.25, 0.3) is 11.8 Å². The van der Waals surface area contributed by atoms with Crippen LogP contribution >= 0.6 is 11.8 Å². The molecule has 422 valence electrons. The molecule has 2 unspecified atom stereocenters. The van der Waals surface area contributed by atoms with Crippen molar-refractivity contribution in [2.24, 2.45) is 9.98 Å². The summed E-state index contributed by atoms with van der Waals surface area (Å²) in [5.41, 5.74) is 5.34. The van der Waals surface area contributed by atoms with E-state index in [0.717, 1.165) is 25.1 Å². The van der Waals surface area contributed by atoms with Crippen LogP contribution in [0.25, 0.3) is 0 Å². The van der Waals surface area contributed by atoms with E-state index in [9.17, 15) is 19.2 Å². The lowest BCUT2D eigenvalue weighted by atomic mass is 10.1. The molecule has 3 amide bonds. The predicted molar refractivity (Wildman–Crippen MR) is 295 cm³/mol. The van der Waals surface area contributed by atoms with E-state index in [1.165, 1.54) is 25.4 Å². The Morgan fingerprint density at radius 3 is 1.64 bits per heavy atom. The highest BCUT2D eigenvalue weighted by atomic mass is 32.2. The van der Waals surface area contributed by atoms with Gasteiger partial charge in [0.15, 0.2) is 23.0 Å². The van der Waals surface area contributed by atoms with Crippen LogP contribution in [0.4, 0.5) is 11.4 Å². The van der Waals surface area contributed by atoms with Crippen molar-refractivity contribution < 1.29 is 66.9 Å². The Kier molecular flexibility index (Phi) is 22.7. The smallest absolute Gasteiger partial charge is 0.305 e. The predicted octanol–water partition coefficient (Wildman–Crippen LogP) is 6.05. The maximum absolute atomic E-state index is 13.7. The van der Waals surface area contributed by atoms with Crippen molar-refractivity contribution in [1.82, 2.24) is 24.6 Å². The minimum atomic E-state index is -0.895. The molecule has 78 heavy (non-hydrogen) atoms. The molecule has 3 aromatic rings. The fourth-order valence-electron chi connectivity index (χ4n) is 8.85. The number of carboxylic acids is 1. The number of thioether (sulfide) groups is 1. The van der Waals surface area contributed by atoms with Gasteiger partial charge < -0.3 is 67.3 Å². The van der Waals surface area contributed by atoms with Gasteiger partial charge in [-0.3, -0.25) is 34.1 Å². The molecule has 0 aliphatic carbocycles. The molecular weight excluding hydrogens is 1030 g/mol. The standard InChI is InChI=1S/C56H73N7O14S/c1-7-38-23-42-31-57-47-29-51(49(69-5)27-45(47)55(67)62(42)33-38)76-35-40-25-44(26-41(59-40)36-77-52-30-48-46(28-50(52)70-6)56(68)63-34-39(8-2)24-43(63)32-58-48)75-15-10-60(3)12-22-78-37-53(64)61(4)11-14-72-17-19-74-21-20-73-18-16-71-13-9-54(65)66/h7-8,25-32,42-43H,9-24,33-37H2,1-6H3,(H,65,66). The zero-order valence-electron chi connectivity index (χ0n) is 45.6. The highest BCUT2D eigenvalue weighted by Crippen LogP contribution is 2.41. The highest BCUT2D eigenvalue weighted by molar-refractivity contribution is 7.99. The van der Waals surface area contributed by atoms with Crippen molar-refractivity contribution in [2.45, 2.75) is 58.4 Å². The van der Waals surface area contributed by atoms with E-state index in [1.807, 2.05) is 55.3 Å². The average molecular weight is 1100 g/mol. The SMILES string of the molecule is CC=C1CC2C=Nc3cc(OCc4cc(OCCN(C)CCSCC(=O)N(C)CCOCCOCCOCCOCCC(=O)O)cc(COc5cc6c(cc5OC)C(=O)N5CC(=CC)CC5C=N6)n4)c(OC)cc3C(=O)N2C1. The molecule has 2 saturated heterocycles. The van der Waals surface area contributed by atoms with Crippen molar-refractivity contribution in [3.05, 3.63) is 82.2 Å². The summed E-state index contributed by atoms with van der Waals surface area (Å²) in [6.07, 6.45) is 9.21. The monoisotopic (exact) mass is 1100 g/mol. The van der Waals surface area contributed by atoms with Crippen LogP contribution in [-0.2, 0) is 41.8 Å². The van der Waals surface area contributed by atoms with E-state index >= 15 is 0 Å². The molecule has 2 aromatic carbocycles. The number of fused-ring (bicyclic) bond motifs is 4. The number of aromatic nitrogens is 1. The fourth-order valence-corrected chi connectivity index (χ4v) is 9.83. The van der Waals surface area contributed by atoms with Gasteiger partial charge in [0.1, 0.15) is 25.6 Å². The zero-order chi connectivity index (χ0) is 55.4. The number of hydrogen-bond donors (Lipinski definition) is 1. The summed E-state index contributed by atoms with van der Waals surface area (Å²) in [5, 5.41) is 8.61. The van der Waals surface area contributed by atoms with Crippen LogP contribution in [-0.4, -0.2) is 210 Å². The lowest BCUT2D eigenvalue weighted by Gasteiger charge is -2.20. The van der Waals surface area contributed by atoms with Crippen molar-refractivity contribution in [2.75, 3.05) is 132 Å². The number of nitrogens with zero attached hydrogens (tertiary/aromatic N) is 7. The Bertz CT molecular complexity index is 2550. The number of aliphatic carboxylic acids is 1. The molecular formula is C56H73N7O14S. The third-order valence-corrected chi connectivity index (χ3v) is 14.4. The van der Waals surface area contributed by atoms with Gasteiger partial charge in [-0.05, 0) is 45.9 Å². The topological polar surface area (TPSA) is 222 Å². The molecule has 1 aromatic heterocycles. The lowest BCUT2D eigenvalue weighted by Crippen LogP contribution is -2.35. The minimum absolute atomic E-state index is 0.0187. The Morgan fingerprint density at radius 2 is 1.15 bits per heavy atom. The first-order valence-corrected chi connectivity index (χ1v) is 27.4. The molecule has 7 rings (SSSR count). The van der Waals surface area contributed by atoms with Crippen LogP contribution in [0.2, 0.25) is 0 Å². The first-order valence-electron chi connectivity index (χ1n) is 26.2. The molecule has 2 atom stereocenters. The van der Waals surface area contributed by atoms with Gasteiger partial charge in [-0.1, -0.05) is 23.3 Å². The second kappa shape index (κ2) is 30.0. The zero-order valence-corrected chi connectivity index (χ0v) is 46.4. The van der Waals surface area contributed by atoms with Gasteiger partial charge in [-0.15, -0.1) is 0 Å². The maximum Gasteiger partial charge on any atom is 0.305 e. The molecule has 5 heterocycles. The molecule has 4 aliphatic heterocycles. The summed E-state index contributed by atoms with van der Waals surface area (Å²) < 4.78 is 52.3. The summed E-state index contributed by atoms with van der Waals surface area (Å²) in [7, 11) is 6.83. The number of ether oxygens (including phenoxy) is 9. The van der Waals surface area contributed by atoms with Crippen LogP contribution in [0.15, 0.2) is 69.7 Å². The average Bonchev–Trinajstić information content (AvgIpc) is 4.05. The van der Waals surface area contributed by atoms with Gasteiger partial charge in [0.2, 0.25) is 5.91 Å². The van der Waals surface area contributed by atoms with Crippen molar-refractivity contribution >= 4 is 59.3 Å². The number of amides is 3. The van der Waals surface area contributed by atoms with E-state index in [2.05, 4.69) is 17.1 Å². The van der Waals surface area contributed by atoms with Gasteiger partial charge in [-0.2, -0.15) is 11.8 Å². The Morgan fingerprint density at radius 1 is 0.654 bits per heavy atom. The van der Waals surface area contributed by atoms with Crippen LogP contribution in [0.3, 0.4) is 0 Å². The van der Waals surface area contributed by atoms with Crippen LogP contribution in [0.5, 0.6) is 28.7 Å². The number of carbonyl (C=O) groups excluding carboxylic acids is 3. The first-order chi connectivity index (χ1) is 37.9. The Hall–Kier alpha value is -6.56. The second-order valence-electron chi connectivity index (χ2n) is 18.9. The summed E-state index contributed by atoms with van der Waals surface area (Å²) in [6, 6.07) is 10.2. The number of carboxylic acid groups (broad SMARTS) is 1. The summed E-state index contributed by atoms with van der Waals surface area (Å²) in [5.74, 6) is 2.09. The third-order valence-electron chi connectivity index (χ3n) is 13.4. The highest BCUT2D eigenvalue weighted by Gasteiger charge is 2.36. The molecule has 22 heteroatoms. The lowest BCUT2D eigenvalue weighted by molar-refractivity contribution is -0.138. The van der Waals surface area contributed by atoms with Crippen LogP contribution < -0.4 is 23.7 Å². The number of aliphatic imine (C=N–C) groups is 2. The van der Waals surface area contributed by atoms with Gasteiger partial charge in [0.05, 0.1) is 125 Å². The second-order valence-corrected chi connectivity index (χ2v) is 20.0. The number of likely N-dealkylation sites (N-methyl/N-ethyl adjacent to an activating group) is 2. The van der Waals surface area contributed by atoms with Crippen LogP contribution in [0.1, 0.15) is 65.2 Å². The normalized spacial score (nSPS) is 17.5. The van der Waals surface area contributed by atoms with Gasteiger partial charge in [-0.25, -0.2) is 0 Å². The molecule has 0 saturated carbocycles. The van der Waals surface area contributed by atoms with E-state index in [4.69, 9.17) is 62.7 Å². The summed E-state index contributed by atoms with van der Waals surface area (Å²) in [4.78, 5) is 72.6. The molecule has 1 N–H and O–H groups in total. The van der Waals surface area contributed by atoms with E-state index < -0.39 is 5.97 Å². The number of allylic oxidation sites excluding steroid dienone is 2. The van der Waals surface area contributed by atoms with Gasteiger partial charge >= 0.3 is 5.97 Å². The van der Waals surface area contributed by atoms with Crippen molar-refractivity contribution in [3.63, 3.8) is 0 Å². The molecule has 4 aliphatic rings. The van der Waals surface area contributed by atoms with Crippen molar-refractivity contribution in [1.29, 1.82) is 0 Å². The largest absolute Gasteiger partial charge is 0.493 e. The van der Waals surface area contributed by atoms with E-state index in [1.54, 1.807) is 48.0 Å². The maximum atomic E-state index is 13.7. The fraction of sp³-hybridized carbons (Fsp3) is 0.518. The number of rotatable bonds is 32. The quantitative estimate of drug-likeness (QED) is 0.0555. The first kappa shape index (κ1) is 59.1. The third kappa shape index (κ3) is 16.7. The van der Waals surface area contributed by atoms with E-state index in [-0.39, 0.29) is 56.0 Å². The number of pyridine rings is 1. The number of benzene rings is 2. The summed E-state index contributed by atoms with van der Waals surface area (Å²) in [6.45, 7) is 10.1. The molecule has 21 nitrogen and oxygen atoms in total.